The van der Waals surface area contributed by atoms with E-state index in [2.05, 4.69) is 92.7 Å². The summed E-state index contributed by atoms with van der Waals surface area (Å²) in [6.45, 7) is 6.40. The van der Waals surface area contributed by atoms with E-state index in [1.54, 1.807) is 0 Å². The molecular formula is C52H78O2. The molecule has 3 aromatic rings. The highest BCUT2D eigenvalue weighted by Crippen LogP contribution is 2.36. The van der Waals surface area contributed by atoms with Crippen LogP contribution in [-0.4, -0.2) is 6.61 Å². The maximum Gasteiger partial charge on any atom is 0.106 e. The monoisotopic (exact) mass is 735 g/mol. The van der Waals surface area contributed by atoms with Crippen LogP contribution < -0.4 is 0 Å². The average molecular weight is 735 g/mol. The smallest absolute Gasteiger partial charge is 0.106 e. The van der Waals surface area contributed by atoms with E-state index in [9.17, 15) is 0 Å². The van der Waals surface area contributed by atoms with Gasteiger partial charge in [0.15, 0.2) is 0 Å². The summed E-state index contributed by atoms with van der Waals surface area (Å²) in [6, 6.07) is 28.9. The molecule has 2 saturated carbocycles. The molecule has 2 aliphatic rings. The maximum absolute atomic E-state index is 6.51. The lowest BCUT2D eigenvalue weighted by Crippen LogP contribution is -2.14. The van der Waals surface area contributed by atoms with Gasteiger partial charge >= 0.3 is 0 Å². The quantitative estimate of drug-likeness (QED) is 0.0765. The number of aryl methyl sites for hydroxylation is 2. The predicted octanol–water partition coefficient (Wildman–Crippen LogP) is 15.4. The molecule has 2 aliphatic carbocycles. The molecule has 1 atom stereocenters. The summed E-state index contributed by atoms with van der Waals surface area (Å²) in [5, 5.41) is 0. The minimum atomic E-state index is -0.0901. The van der Waals surface area contributed by atoms with Crippen molar-refractivity contribution in [2.75, 3.05) is 6.61 Å². The largest absolute Gasteiger partial charge is 0.374 e. The zero-order valence-corrected chi connectivity index (χ0v) is 34.8. The Balaban J connectivity index is 0.947. The van der Waals surface area contributed by atoms with Gasteiger partial charge in [0.2, 0.25) is 0 Å². The molecule has 0 aromatic heterocycles. The highest BCUT2D eigenvalue weighted by molar-refractivity contribution is 5.24. The molecule has 0 amide bonds. The van der Waals surface area contributed by atoms with Crippen LogP contribution in [0.1, 0.15) is 189 Å². The van der Waals surface area contributed by atoms with E-state index in [-0.39, 0.29) is 6.10 Å². The van der Waals surface area contributed by atoms with Crippen molar-refractivity contribution in [3.8, 4) is 0 Å². The van der Waals surface area contributed by atoms with Crippen LogP contribution >= 0.6 is 0 Å². The van der Waals surface area contributed by atoms with Crippen LogP contribution in [0.4, 0.5) is 0 Å². The molecule has 54 heavy (non-hydrogen) atoms. The van der Waals surface area contributed by atoms with Crippen molar-refractivity contribution in [3.63, 3.8) is 0 Å². The third kappa shape index (κ3) is 16.4. The normalized spacial score (nSPS) is 20.9. The molecule has 1 unspecified atom stereocenters. The van der Waals surface area contributed by atoms with Gasteiger partial charge in [-0.25, -0.2) is 0 Å². The van der Waals surface area contributed by atoms with E-state index < -0.39 is 0 Å². The molecule has 2 nitrogen and oxygen atoms in total. The molecule has 0 saturated heterocycles. The van der Waals surface area contributed by atoms with E-state index in [4.69, 9.17) is 9.47 Å². The van der Waals surface area contributed by atoms with Gasteiger partial charge in [-0.15, -0.1) is 0 Å². The Labute approximate surface area is 332 Å². The third-order valence-corrected chi connectivity index (χ3v) is 13.2. The van der Waals surface area contributed by atoms with Gasteiger partial charge in [-0.1, -0.05) is 221 Å². The Kier molecular flexibility index (Phi) is 20.3. The van der Waals surface area contributed by atoms with Crippen LogP contribution in [-0.2, 0) is 35.5 Å². The summed E-state index contributed by atoms with van der Waals surface area (Å²) in [4.78, 5) is 0. The van der Waals surface area contributed by atoms with Gasteiger partial charge in [0.1, 0.15) is 6.10 Å². The summed E-state index contributed by atoms with van der Waals surface area (Å²) < 4.78 is 12.8. The molecule has 0 radical (unpaired) electrons. The number of hydrogen-bond acceptors (Lipinski definition) is 2. The standard InChI is InChI=1S/C52H78O2/c1-3-5-8-16-43-24-28-45(29-25-43)18-12-14-20-47-32-36-49(37-33-47)40-53-42-52(51-22-10-7-11-23-51)54-41-50-38-34-48(35-39-50)21-15-13-19-46-30-26-44(27-31-46)17-9-6-4-2/h7,10-11,22-23,32-39,43-46,52H,3-6,8-9,12-21,24-31,40-42H2,1-2H3. The van der Waals surface area contributed by atoms with Crippen LogP contribution in [0.15, 0.2) is 78.9 Å². The van der Waals surface area contributed by atoms with Crippen LogP contribution in [0.2, 0.25) is 0 Å². The lowest BCUT2D eigenvalue weighted by molar-refractivity contribution is -0.0313. The number of ether oxygens (including phenoxy) is 2. The Morgan fingerprint density at radius 1 is 0.444 bits per heavy atom. The first-order valence-corrected chi connectivity index (χ1v) is 23.1. The van der Waals surface area contributed by atoms with Gasteiger partial charge in [0.05, 0.1) is 19.8 Å². The molecule has 0 N–H and O–H groups in total. The second-order valence-electron chi connectivity index (χ2n) is 17.6. The van der Waals surface area contributed by atoms with Crippen molar-refractivity contribution in [2.24, 2.45) is 23.7 Å². The minimum absolute atomic E-state index is 0.0901. The highest BCUT2D eigenvalue weighted by atomic mass is 16.5. The number of hydrogen-bond donors (Lipinski definition) is 0. The van der Waals surface area contributed by atoms with Crippen LogP contribution in [0, 0.1) is 23.7 Å². The summed E-state index contributed by atoms with van der Waals surface area (Å²) in [5.41, 5.74) is 6.56. The van der Waals surface area contributed by atoms with Gasteiger partial charge in [-0.05, 0) is 77.2 Å². The molecule has 0 heterocycles. The first kappa shape index (κ1) is 42.7. The minimum Gasteiger partial charge on any atom is -0.374 e. The molecule has 0 aliphatic heterocycles. The number of unbranched alkanes of at least 4 members (excludes halogenated alkanes) is 6. The molecule has 5 rings (SSSR count). The van der Waals surface area contributed by atoms with Crippen molar-refractivity contribution in [1.29, 1.82) is 0 Å². The van der Waals surface area contributed by atoms with Crippen LogP contribution in [0.5, 0.6) is 0 Å². The first-order chi connectivity index (χ1) is 26.7. The SMILES string of the molecule is CCCCCC1CCC(CCCCc2ccc(COCC(OCc3ccc(CCCCC4CCC(CCCCC)CC4)cc3)c3ccccc3)cc2)CC1. The van der Waals surface area contributed by atoms with Gasteiger partial charge < -0.3 is 9.47 Å². The molecular weight excluding hydrogens is 657 g/mol. The Morgan fingerprint density at radius 2 is 0.833 bits per heavy atom. The van der Waals surface area contributed by atoms with Crippen molar-refractivity contribution < 1.29 is 9.47 Å². The summed E-state index contributed by atoms with van der Waals surface area (Å²) >= 11 is 0. The van der Waals surface area contributed by atoms with E-state index in [0.717, 1.165) is 23.7 Å². The average Bonchev–Trinajstić information content (AvgIpc) is 3.22. The number of rotatable bonds is 26. The van der Waals surface area contributed by atoms with E-state index in [0.29, 0.717) is 19.8 Å². The molecule has 0 spiro atoms. The molecule has 3 aromatic carbocycles. The molecule has 298 valence electrons. The van der Waals surface area contributed by atoms with Crippen LogP contribution in [0.3, 0.4) is 0 Å². The second-order valence-corrected chi connectivity index (χ2v) is 17.6. The highest BCUT2D eigenvalue weighted by Gasteiger charge is 2.21. The second kappa shape index (κ2) is 25.7. The third-order valence-electron chi connectivity index (χ3n) is 13.2. The molecule has 2 heteroatoms. The summed E-state index contributed by atoms with van der Waals surface area (Å²) in [5.74, 6) is 4.02. The van der Waals surface area contributed by atoms with Crippen molar-refractivity contribution in [1.82, 2.24) is 0 Å². The van der Waals surface area contributed by atoms with Gasteiger partial charge in [-0.2, -0.15) is 0 Å². The maximum atomic E-state index is 6.51. The lowest BCUT2D eigenvalue weighted by atomic mass is 9.78. The lowest BCUT2D eigenvalue weighted by Gasteiger charge is -2.28. The molecule has 0 bridgehead atoms. The first-order valence-electron chi connectivity index (χ1n) is 23.1. The fourth-order valence-corrected chi connectivity index (χ4v) is 9.50. The zero-order chi connectivity index (χ0) is 37.5. The molecule has 2 fully saturated rings. The van der Waals surface area contributed by atoms with Gasteiger partial charge in [-0.3, -0.25) is 0 Å². The predicted molar refractivity (Wildman–Crippen MR) is 231 cm³/mol. The van der Waals surface area contributed by atoms with Crippen molar-refractivity contribution in [2.45, 2.75) is 187 Å². The summed E-state index contributed by atoms with van der Waals surface area (Å²) in [6.07, 6.45) is 33.8. The Morgan fingerprint density at radius 3 is 1.26 bits per heavy atom. The van der Waals surface area contributed by atoms with E-state index >= 15 is 0 Å². The van der Waals surface area contributed by atoms with Gasteiger partial charge in [0.25, 0.3) is 0 Å². The fourth-order valence-electron chi connectivity index (χ4n) is 9.50. The zero-order valence-electron chi connectivity index (χ0n) is 34.8. The van der Waals surface area contributed by atoms with Crippen molar-refractivity contribution >= 4 is 0 Å². The van der Waals surface area contributed by atoms with Crippen LogP contribution in [0.25, 0.3) is 0 Å². The Hall–Kier alpha value is -2.42. The number of benzene rings is 3. The Bertz CT molecular complexity index is 1330. The van der Waals surface area contributed by atoms with E-state index in [1.165, 1.54) is 182 Å². The van der Waals surface area contributed by atoms with Gasteiger partial charge in [0, 0.05) is 0 Å². The van der Waals surface area contributed by atoms with E-state index in [1.807, 2.05) is 0 Å². The summed E-state index contributed by atoms with van der Waals surface area (Å²) in [7, 11) is 0. The van der Waals surface area contributed by atoms with Crippen molar-refractivity contribution in [3.05, 3.63) is 107 Å². The topological polar surface area (TPSA) is 18.5 Å². The fraction of sp³-hybridized carbons (Fsp3) is 0.654.